The van der Waals surface area contributed by atoms with Crippen molar-refractivity contribution < 1.29 is 18.3 Å². The van der Waals surface area contributed by atoms with Crippen molar-refractivity contribution in [3.05, 3.63) is 35.9 Å². The van der Waals surface area contributed by atoms with Gasteiger partial charge in [-0.25, -0.2) is 4.99 Å². The summed E-state index contributed by atoms with van der Waals surface area (Å²) in [5.74, 6) is 2.41. The minimum atomic E-state index is -2.86. The van der Waals surface area contributed by atoms with Crippen molar-refractivity contribution in [2.45, 2.75) is 32.5 Å². The Hall–Kier alpha value is -2.95. The second-order valence-electron chi connectivity index (χ2n) is 7.23. The number of rotatable bonds is 9. The van der Waals surface area contributed by atoms with Crippen molar-refractivity contribution in [2.24, 2.45) is 12.0 Å². The van der Waals surface area contributed by atoms with E-state index in [-0.39, 0.29) is 11.8 Å². The molecule has 170 valence electrons. The number of aliphatic imine (C=N–C) groups is 1. The summed E-state index contributed by atoms with van der Waals surface area (Å²) in [5, 5.41) is 14.9. The van der Waals surface area contributed by atoms with Gasteiger partial charge in [-0.3, -0.25) is 0 Å². The Balaban J connectivity index is 1.65. The van der Waals surface area contributed by atoms with Gasteiger partial charge in [-0.1, -0.05) is 12.1 Å². The van der Waals surface area contributed by atoms with Crippen LogP contribution in [-0.2, 0) is 18.3 Å². The van der Waals surface area contributed by atoms with E-state index >= 15 is 0 Å². The van der Waals surface area contributed by atoms with Crippen LogP contribution in [0.25, 0.3) is 0 Å². The predicted octanol–water partition coefficient (Wildman–Crippen LogP) is 1.69. The predicted molar refractivity (Wildman–Crippen MR) is 114 cm³/mol. The lowest BCUT2D eigenvalue weighted by atomic mass is 10.2. The number of nitrogens with zero attached hydrogens (tertiary/aromatic N) is 5. The lowest BCUT2D eigenvalue weighted by Crippen LogP contribution is -2.45. The third-order valence-corrected chi connectivity index (χ3v) is 5.11. The molecule has 1 aliphatic rings. The van der Waals surface area contributed by atoms with Crippen molar-refractivity contribution >= 4 is 11.6 Å². The van der Waals surface area contributed by atoms with Crippen molar-refractivity contribution in [3.63, 3.8) is 0 Å². The summed E-state index contributed by atoms with van der Waals surface area (Å²) < 4.78 is 37.2. The van der Waals surface area contributed by atoms with Crippen LogP contribution in [0.3, 0.4) is 0 Å². The number of ether oxygens (including phenoxy) is 2. The molecule has 1 aliphatic heterocycles. The third-order valence-electron chi connectivity index (χ3n) is 5.11. The second-order valence-corrected chi connectivity index (χ2v) is 7.23. The summed E-state index contributed by atoms with van der Waals surface area (Å²) in [5.41, 5.74) is 0.660. The molecule has 0 aliphatic carbocycles. The van der Waals surface area contributed by atoms with E-state index < -0.39 is 6.61 Å². The normalized spacial score (nSPS) is 16.8. The fourth-order valence-electron chi connectivity index (χ4n) is 3.37. The lowest BCUT2D eigenvalue weighted by molar-refractivity contribution is -0.0495. The molecule has 0 spiro atoms. The summed E-state index contributed by atoms with van der Waals surface area (Å²) in [6.45, 7) is 1.90. The Labute approximate surface area is 180 Å². The standard InChI is InChI=1S/C20H29F2N7O2/c1-14-26-27-18(28(14)2)12-24-20(23-9-11-30-3)25-15-8-10-29(13-15)16-6-4-5-7-17(16)31-19(21)22/h4-7,15,19H,8-13H2,1-3H3,(H2,23,24,25). The number of benzene rings is 1. The molecule has 1 aromatic heterocycles. The summed E-state index contributed by atoms with van der Waals surface area (Å²) in [6.07, 6.45) is 0.830. The molecule has 2 heterocycles. The first-order valence-electron chi connectivity index (χ1n) is 10.2. The fraction of sp³-hybridized carbons (Fsp3) is 0.550. The van der Waals surface area contributed by atoms with Gasteiger partial charge in [-0.05, 0) is 25.5 Å². The van der Waals surface area contributed by atoms with E-state index in [4.69, 9.17) is 4.74 Å². The van der Waals surface area contributed by atoms with E-state index in [0.29, 0.717) is 37.9 Å². The molecule has 2 N–H and O–H groups in total. The van der Waals surface area contributed by atoms with E-state index in [0.717, 1.165) is 24.6 Å². The van der Waals surface area contributed by atoms with Crippen LogP contribution in [0.5, 0.6) is 5.75 Å². The quantitative estimate of drug-likeness (QED) is 0.351. The van der Waals surface area contributed by atoms with E-state index in [1.54, 1.807) is 25.3 Å². The maximum absolute atomic E-state index is 12.7. The zero-order valence-corrected chi connectivity index (χ0v) is 18.0. The zero-order valence-electron chi connectivity index (χ0n) is 18.0. The highest BCUT2D eigenvalue weighted by Crippen LogP contribution is 2.31. The minimum absolute atomic E-state index is 0.0923. The molecule has 31 heavy (non-hydrogen) atoms. The van der Waals surface area contributed by atoms with Crippen molar-refractivity contribution in [2.75, 3.05) is 38.3 Å². The number of methoxy groups -OCH3 is 1. The molecular formula is C20H29F2N7O2. The number of hydrogen-bond acceptors (Lipinski definition) is 6. The van der Waals surface area contributed by atoms with E-state index in [1.807, 2.05) is 29.5 Å². The highest BCUT2D eigenvalue weighted by atomic mass is 19.3. The van der Waals surface area contributed by atoms with Gasteiger partial charge in [0.25, 0.3) is 0 Å². The number of aryl methyl sites for hydroxylation is 1. The number of alkyl halides is 2. The molecule has 1 saturated heterocycles. The number of nitrogens with one attached hydrogen (secondary N) is 2. The van der Waals surface area contributed by atoms with Crippen LogP contribution in [0.2, 0.25) is 0 Å². The topological polar surface area (TPSA) is 88.8 Å². The summed E-state index contributed by atoms with van der Waals surface area (Å²) in [6, 6.07) is 6.95. The monoisotopic (exact) mass is 437 g/mol. The Morgan fingerprint density at radius 3 is 2.84 bits per heavy atom. The van der Waals surface area contributed by atoms with Crippen LogP contribution in [-0.4, -0.2) is 66.7 Å². The molecule has 1 aromatic carbocycles. The average molecular weight is 437 g/mol. The Bertz CT molecular complexity index is 875. The number of aromatic nitrogens is 3. The molecule has 0 bridgehead atoms. The molecule has 0 saturated carbocycles. The summed E-state index contributed by atoms with van der Waals surface area (Å²) in [4.78, 5) is 6.67. The smallest absolute Gasteiger partial charge is 0.387 e. The van der Waals surface area contributed by atoms with Crippen LogP contribution >= 0.6 is 0 Å². The molecule has 9 nitrogen and oxygen atoms in total. The van der Waals surface area contributed by atoms with Crippen molar-refractivity contribution in [1.82, 2.24) is 25.4 Å². The van der Waals surface area contributed by atoms with Gasteiger partial charge in [-0.2, -0.15) is 8.78 Å². The molecule has 0 radical (unpaired) electrons. The van der Waals surface area contributed by atoms with Crippen LogP contribution in [0, 0.1) is 6.92 Å². The number of halogens is 2. The molecule has 1 atom stereocenters. The molecule has 0 amide bonds. The molecule has 11 heteroatoms. The van der Waals surface area contributed by atoms with Gasteiger partial charge in [0.05, 0.1) is 12.3 Å². The average Bonchev–Trinajstić information content (AvgIpc) is 3.33. The van der Waals surface area contributed by atoms with Gasteiger partial charge in [0.15, 0.2) is 11.8 Å². The van der Waals surface area contributed by atoms with E-state index in [2.05, 4.69) is 30.6 Å². The maximum atomic E-state index is 12.7. The van der Waals surface area contributed by atoms with Crippen LogP contribution in [0.15, 0.2) is 29.3 Å². The van der Waals surface area contributed by atoms with Gasteiger partial charge < -0.3 is 29.6 Å². The van der Waals surface area contributed by atoms with Gasteiger partial charge >= 0.3 is 6.61 Å². The first kappa shape index (κ1) is 22.7. The number of anilines is 1. The highest BCUT2D eigenvalue weighted by molar-refractivity contribution is 5.80. The van der Waals surface area contributed by atoms with Gasteiger partial charge in [0, 0.05) is 39.8 Å². The maximum Gasteiger partial charge on any atom is 0.387 e. The summed E-state index contributed by atoms with van der Waals surface area (Å²) >= 11 is 0. The Morgan fingerprint density at radius 1 is 1.32 bits per heavy atom. The largest absolute Gasteiger partial charge is 0.433 e. The highest BCUT2D eigenvalue weighted by Gasteiger charge is 2.26. The van der Waals surface area contributed by atoms with Crippen molar-refractivity contribution in [1.29, 1.82) is 0 Å². The third kappa shape index (κ3) is 6.27. The Morgan fingerprint density at radius 2 is 2.13 bits per heavy atom. The Kier molecular flexibility index (Phi) is 7.99. The molecule has 1 unspecified atom stereocenters. The second kappa shape index (κ2) is 10.9. The van der Waals surface area contributed by atoms with Gasteiger partial charge in [0.1, 0.15) is 18.1 Å². The van der Waals surface area contributed by atoms with Gasteiger partial charge in [0.2, 0.25) is 0 Å². The van der Waals surface area contributed by atoms with E-state index in [1.165, 1.54) is 0 Å². The van der Waals surface area contributed by atoms with Crippen LogP contribution in [0.1, 0.15) is 18.1 Å². The van der Waals surface area contributed by atoms with Crippen LogP contribution < -0.4 is 20.3 Å². The molecule has 2 aromatic rings. The number of para-hydroxylation sites is 2. The number of guanidine groups is 1. The summed E-state index contributed by atoms with van der Waals surface area (Å²) in [7, 11) is 3.54. The van der Waals surface area contributed by atoms with Crippen LogP contribution in [0.4, 0.5) is 14.5 Å². The fourth-order valence-corrected chi connectivity index (χ4v) is 3.37. The number of hydrogen-bond donors (Lipinski definition) is 2. The SMILES string of the molecule is COCCNC(=NCc1nnc(C)n1C)NC1CCN(c2ccccc2OC(F)F)C1. The first-order chi connectivity index (χ1) is 15.0. The molecule has 3 rings (SSSR count). The van der Waals surface area contributed by atoms with E-state index in [9.17, 15) is 8.78 Å². The lowest BCUT2D eigenvalue weighted by Gasteiger charge is -2.22. The molecular weight excluding hydrogens is 408 g/mol. The van der Waals surface area contributed by atoms with Crippen molar-refractivity contribution in [3.8, 4) is 5.75 Å². The molecule has 1 fully saturated rings. The first-order valence-corrected chi connectivity index (χ1v) is 10.2. The zero-order chi connectivity index (χ0) is 22.2. The minimum Gasteiger partial charge on any atom is -0.433 e. The van der Waals surface area contributed by atoms with Gasteiger partial charge in [-0.15, -0.1) is 10.2 Å².